The number of hydrogen-bond donors (Lipinski definition) is 1. The van der Waals surface area contributed by atoms with Gasteiger partial charge in [0.05, 0.1) is 0 Å². The molecule has 0 amide bonds. The van der Waals surface area contributed by atoms with Gasteiger partial charge in [-0.15, -0.1) is 11.3 Å². The van der Waals surface area contributed by atoms with Crippen molar-refractivity contribution in [1.82, 2.24) is 10.3 Å². The molecule has 1 aromatic heterocycles. The van der Waals surface area contributed by atoms with Crippen LogP contribution in [0.15, 0.2) is 29.6 Å². The topological polar surface area (TPSA) is 24.9 Å². The van der Waals surface area contributed by atoms with Gasteiger partial charge in [-0.05, 0) is 43.4 Å². The molecule has 1 aliphatic rings. The molecule has 1 heterocycles. The Morgan fingerprint density at radius 3 is 2.95 bits per heavy atom. The fourth-order valence-corrected chi connectivity index (χ4v) is 3.45. The number of rotatable bonds is 4. The molecule has 2 aromatic rings. The lowest BCUT2D eigenvalue weighted by Crippen LogP contribution is -2.39. The first-order chi connectivity index (χ1) is 9.20. The first-order valence-electron chi connectivity index (χ1n) is 6.60. The lowest BCUT2D eigenvalue weighted by molar-refractivity contribution is 0.289. The van der Waals surface area contributed by atoms with E-state index in [0.717, 1.165) is 17.3 Å². The molecule has 0 aliphatic heterocycles. The molecule has 0 radical (unpaired) electrons. The van der Waals surface area contributed by atoms with Crippen molar-refractivity contribution in [2.24, 2.45) is 0 Å². The van der Waals surface area contributed by atoms with Gasteiger partial charge in [0.25, 0.3) is 0 Å². The van der Waals surface area contributed by atoms with Gasteiger partial charge in [0, 0.05) is 28.7 Å². The maximum atomic E-state index is 6.03. The number of halogens is 1. The van der Waals surface area contributed by atoms with E-state index in [1.807, 2.05) is 19.1 Å². The van der Waals surface area contributed by atoms with Gasteiger partial charge >= 0.3 is 0 Å². The molecule has 0 spiro atoms. The number of hydrogen-bond acceptors (Lipinski definition) is 3. The van der Waals surface area contributed by atoms with Gasteiger partial charge in [0.15, 0.2) is 0 Å². The Morgan fingerprint density at radius 2 is 2.26 bits per heavy atom. The predicted octanol–water partition coefficient (Wildman–Crippen LogP) is 4.14. The van der Waals surface area contributed by atoms with Crippen molar-refractivity contribution in [2.45, 2.75) is 38.3 Å². The van der Waals surface area contributed by atoms with E-state index < -0.39 is 0 Å². The summed E-state index contributed by atoms with van der Waals surface area (Å²) in [6, 6.07) is 8.86. The van der Waals surface area contributed by atoms with Crippen molar-refractivity contribution in [3.63, 3.8) is 0 Å². The minimum Gasteiger partial charge on any atom is -0.308 e. The highest BCUT2D eigenvalue weighted by molar-refractivity contribution is 7.09. The molecule has 1 saturated carbocycles. The van der Waals surface area contributed by atoms with Crippen LogP contribution in [0.4, 0.5) is 0 Å². The fraction of sp³-hybridized carbons (Fsp3) is 0.400. The van der Waals surface area contributed by atoms with Gasteiger partial charge in [0.2, 0.25) is 0 Å². The predicted molar refractivity (Wildman–Crippen MR) is 80.9 cm³/mol. The Balaban J connectivity index is 1.48. The normalized spacial score (nSPS) is 22.2. The Morgan fingerprint density at radius 1 is 1.42 bits per heavy atom. The Hall–Kier alpha value is -0.900. The van der Waals surface area contributed by atoms with Crippen LogP contribution in [0.3, 0.4) is 0 Å². The van der Waals surface area contributed by atoms with E-state index in [0.29, 0.717) is 12.0 Å². The number of thiazole rings is 1. The minimum atomic E-state index is 0.619. The summed E-state index contributed by atoms with van der Waals surface area (Å²) in [4.78, 5) is 4.47. The number of nitrogens with one attached hydrogen (secondary N) is 1. The van der Waals surface area contributed by atoms with E-state index in [-0.39, 0.29) is 0 Å². The van der Waals surface area contributed by atoms with Gasteiger partial charge in [-0.25, -0.2) is 4.98 Å². The quantitative estimate of drug-likeness (QED) is 0.916. The van der Waals surface area contributed by atoms with E-state index in [4.69, 9.17) is 11.6 Å². The summed E-state index contributed by atoms with van der Waals surface area (Å²) in [7, 11) is 0. The first kappa shape index (κ1) is 13.1. The van der Waals surface area contributed by atoms with E-state index in [9.17, 15) is 0 Å². The molecule has 0 atom stereocenters. The van der Waals surface area contributed by atoms with E-state index in [2.05, 4.69) is 27.8 Å². The first-order valence-corrected chi connectivity index (χ1v) is 7.86. The summed E-state index contributed by atoms with van der Waals surface area (Å²) in [5, 5.41) is 7.71. The van der Waals surface area contributed by atoms with Gasteiger partial charge in [-0.1, -0.05) is 23.7 Å². The Bertz CT molecular complexity index is 561. The summed E-state index contributed by atoms with van der Waals surface area (Å²) in [5.74, 6) is 0.661. The Labute approximate surface area is 122 Å². The average molecular weight is 293 g/mol. The highest BCUT2D eigenvalue weighted by Gasteiger charge is 2.29. The largest absolute Gasteiger partial charge is 0.308 e. The SMILES string of the molecule is Cc1csc(CNC2CC(c3cccc(Cl)c3)C2)n1. The third-order valence-electron chi connectivity index (χ3n) is 3.67. The number of nitrogens with zero attached hydrogens (tertiary/aromatic N) is 1. The van der Waals surface area contributed by atoms with Gasteiger partial charge in [-0.2, -0.15) is 0 Å². The molecule has 0 bridgehead atoms. The average Bonchev–Trinajstić information content (AvgIpc) is 2.73. The highest BCUT2D eigenvalue weighted by atomic mass is 35.5. The van der Waals surface area contributed by atoms with Crippen LogP contribution < -0.4 is 5.32 Å². The second-order valence-corrected chi connectivity index (χ2v) is 6.56. The molecule has 19 heavy (non-hydrogen) atoms. The van der Waals surface area contributed by atoms with Gasteiger partial charge < -0.3 is 5.32 Å². The highest BCUT2D eigenvalue weighted by Crippen LogP contribution is 2.37. The van der Waals surface area contributed by atoms with E-state index in [1.54, 1.807) is 11.3 Å². The maximum absolute atomic E-state index is 6.03. The fourth-order valence-electron chi connectivity index (χ4n) is 2.53. The summed E-state index contributed by atoms with van der Waals surface area (Å²) < 4.78 is 0. The molecule has 1 aliphatic carbocycles. The summed E-state index contributed by atoms with van der Waals surface area (Å²) >= 11 is 7.76. The summed E-state index contributed by atoms with van der Waals surface area (Å²) in [5.41, 5.74) is 2.49. The number of aromatic nitrogens is 1. The second kappa shape index (κ2) is 5.61. The van der Waals surface area contributed by atoms with Crippen molar-refractivity contribution in [2.75, 3.05) is 0 Å². The van der Waals surface area contributed by atoms with Crippen LogP contribution in [0.1, 0.15) is 35.0 Å². The molecule has 0 unspecified atom stereocenters. The summed E-state index contributed by atoms with van der Waals surface area (Å²) in [6.07, 6.45) is 2.40. The van der Waals surface area contributed by atoms with Crippen molar-refractivity contribution in [1.29, 1.82) is 0 Å². The van der Waals surface area contributed by atoms with Crippen molar-refractivity contribution in [3.8, 4) is 0 Å². The molecule has 1 N–H and O–H groups in total. The second-order valence-electron chi connectivity index (χ2n) is 5.18. The zero-order chi connectivity index (χ0) is 13.2. The van der Waals surface area contributed by atoms with Crippen molar-refractivity contribution >= 4 is 22.9 Å². The minimum absolute atomic E-state index is 0.619. The van der Waals surface area contributed by atoms with Gasteiger partial charge in [0.1, 0.15) is 5.01 Å². The molecule has 4 heteroatoms. The van der Waals surface area contributed by atoms with Crippen molar-refractivity contribution in [3.05, 3.63) is 50.9 Å². The number of aryl methyl sites for hydroxylation is 1. The standard InChI is InChI=1S/C15H17ClN2S/c1-10-9-19-15(18-10)8-17-14-6-12(7-14)11-3-2-4-13(16)5-11/h2-5,9,12,14,17H,6-8H2,1H3. The lowest BCUT2D eigenvalue weighted by atomic mass is 9.76. The van der Waals surface area contributed by atoms with Crippen LogP contribution >= 0.6 is 22.9 Å². The molecule has 3 rings (SSSR count). The third-order valence-corrected chi connectivity index (χ3v) is 4.87. The number of benzene rings is 1. The molecular weight excluding hydrogens is 276 g/mol. The van der Waals surface area contributed by atoms with Crippen LogP contribution in [0, 0.1) is 6.92 Å². The smallest absolute Gasteiger partial charge is 0.107 e. The van der Waals surface area contributed by atoms with Gasteiger partial charge in [-0.3, -0.25) is 0 Å². The Kier molecular flexibility index (Phi) is 3.87. The van der Waals surface area contributed by atoms with Crippen LogP contribution in [0.5, 0.6) is 0 Å². The molecular formula is C15H17ClN2S. The molecule has 0 saturated heterocycles. The van der Waals surface area contributed by atoms with Crippen LogP contribution in [0.25, 0.3) is 0 Å². The van der Waals surface area contributed by atoms with Crippen LogP contribution in [-0.2, 0) is 6.54 Å². The van der Waals surface area contributed by atoms with E-state index in [1.165, 1.54) is 23.4 Å². The molecule has 2 nitrogen and oxygen atoms in total. The third kappa shape index (κ3) is 3.16. The maximum Gasteiger partial charge on any atom is 0.107 e. The van der Waals surface area contributed by atoms with Crippen LogP contribution in [-0.4, -0.2) is 11.0 Å². The van der Waals surface area contributed by atoms with Crippen LogP contribution in [0.2, 0.25) is 5.02 Å². The van der Waals surface area contributed by atoms with E-state index >= 15 is 0 Å². The van der Waals surface area contributed by atoms with Crippen molar-refractivity contribution < 1.29 is 0 Å². The zero-order valence-electron chi connectivity index (χ0n) is 10.9. The summed E-state index contributed by atoms with van der Waals surface area (Å²) in [6.45, 7) is 2.93. The molecule has 1 fully saturated rings. The molecule has 100 valence electrons. The monoisotopic (exact) mass is 292 g/mol. The molecule has 1 aromatic carbocycles. The lowest BCUT2D eigenvalue weighted by Gasteiger charge is -2.36. The zero-order valence-corrected chi connectivity index (χ0v) is 12.5.